The van der Waals surface area contributed by atoms with Crippen LogP contribution in [0.5, 0.6) is 0 Å². The maximum absolute atomic E-state index is 12.9. The molecule has 3 rings (SSSR count). The zero-order chi connectivity index (χ0) is 16.0. The van der Waals surface area contributed by atoms with Crippen LogP contribution >= 0.6 is 0 Å². The molecule has 0 spiro atoms. The van der Waals surface area contributed by atoms with E-state index < -0.39 is 37.8 Å². The largest absolute Gasteiger partial charge is 0.374 e. The summed E-state index contributed by atoms with van der Waals surface area (Å²) in [6.07, 6.45) is -0.596. The molecule has 122 valence electrons. The van der Waals surface area contributed by atoms with Crippen molar-refractivity contribution in [3.8, 4) is 0 Å². The Hall–Kier alpha value is -1.03. The minimum Gasteiger partial charge on any atom is -0.374 e. The number of sulfone groups is 1. The summed E-state index contributed by atoms with van der Waals surface area (Å²) in [7, 11) is -6.97. The van der Waals surface area contributed by atoms with Gasteiger partial charge in [-0.2, -0.15) is 4.31 Å². The molecule has 6 nitrogen and oxygen atoms in total. The van der Waals surface area contributed by atoms with Gasteiger partial charge < -0.3 is 4.74 Å². The second kappa shape index (κ2) is 5.55. The van der Waals surface area contributed by atoms with Crippen molar-refractivity contribution in [2.75, 3.05) is 24.7 Å². The van der Waals surface area contributed by atoms with Crippen molar-refractivity contribution in [3.05, 3.63) is 35.6 Å². The summed E-state index contributed by atoms with van der Waals surface area (Å²) in [5.74, 6) is -1.06. The zero-order valence-corrected chi connectivity index (χ0v) is 13.3. The third kappa shape index (κ3) is 3.17. The third-order valence-electron chi connectivity index (χ3n) is 3.91. The van der Waals surface area contributed by atoms with Crippen LogP contribution in [-0.2, 0) is 30.4 Å². The van der Waals surface area contributed by atoms with Gasteiger partial charge in [-0.25, -0.2) is 21.2 Å². The number of nitrogens with zero attached hydrogens (tertiary/aromatic N) is 1. The van der Waals surface area contributed by atoms with E-state index >= 15 is 0 Å². The van der Waals surface area contributed by atoms with E-state index in [1.165, 1.54) is 28.6 Å². The molecule has 0 radical (unpaired) electrons. The fourth-order valence-corrected chi connectivity index (χ4v) is 6.62. The van der Waals surface area contributed by atoms with Gasteiger partial charge in [0.1, 0.15) is 5.82 Å². The Morgan fingerprint density at radius 3 is 2.59 bits per heavy atom. The molecule has 2 saturated heterocycles. The molecule has 1 aromatic rings. The molecular weight excluding hydrogens is 333 g/mol. The molecule has 1 aromatic carbocycles. The topological polar surface area (TPSA) is 80.8 Å². The zero-order valence-electron chi connectivity index (χ0n) is 11.7. The van der Waals surface area contributed by atoms with Crippen LogP contribution in [0, 0.1) is 5.82 Å². The molecule has 0 saturated carbocycles. The molecule has 2 fully saturated rings. The molecule has 9 heteroatoms. The van der Waals surface area contributed by atoms with Gasteiger partial charge in [0.25, 0.3) is 0 Å². The minimum absolute atomic E-state index is 0.139. The molecular formula is C13H16FNO5S2. The van der Waals surface area contributed by atoms with E-state index in [1.54, 1.807) is 0 Å². The van der Waals surface area contributed by atoms with Crippen molar-refractivity contribution in [2.24, 2.45) is 0 Å². The van der Waals surface area contributed by atoms with Crippen LogP contribution in [0.25, 0.3) is 0 Å². The molecule has 2 heterocycles. The second-order valence-corrected chi connectivity index (χ2v) is 9.62. The van der Waals surface area contributed by atoms with Crippen molar-refractivity contribution < 1.29 is 26.0 Å². The van der Waals surface area contributed by atoms with E-state index in [4.69, 9.17) is 4.74 Å². The van der Waals surface area contributed by atoms with Gasteiger partial charge in [-0.15, -0.1) is 0 Å². The summed E-state index contributed by atoms with van der Waals surface area (Å²) < 4.78 is 68.1. The van der Waals surface area contributed by atoms with Crippen LogP contribution in [0.2, 0.25) is 0 Å². The Balaban J connectivity index is 1.83. The van der Waals surface area contributed by atoms with Crippen LogP contribution in [0.4, 0.5) is 4.39 Å². The van der Waals surface area contributed by atoms with E-state index in [0.29, 0.717) is 5.56 Å². The normalized spacial score (nSPS) is 28.4. The van der Waals surface area contributed by atoms with E-state index in [0.717, 1.165) is 0 Å². The molecule has 22 heavy (non-hydrogen) atoms. The van der Waals surface area contributed by atoms with E-state index in [2.05, 4.69) is 0 Å². The number of benzene rings is 1. The maximum Gasteiger partial charge on any atom is 0.218 e. The van der Waals surface area contributed by atoms with E-state index in [1.807, 2.05) is 0 Å². The number of hydrogen-bond donors (Lipinski definition) is 0. The maximum atomic E-state index is 12.9. The van der Waals surface area contributed by atoms with Gasteiger partial charge >= 0.3 is 0 Å². The lowest BCUT2D eigenvalue weighted by Gasteiger charge is -2.35. The standard InChI is InChI=1S/C13H16FNO5S2/c14-11-3-1-10(2-4-11)7-22(18,19)15-5-6-20-13-9-21(16,17)8-12(13)15/h1-4,12-13H,5-9H2. The van der Waals surface area contributed by atoms with Crippen LogP contribution in [0.3, 0.4) is 0 Å². The van der Waals surface area contributed by atoms with Crippen molar-refractivity contribution in [1.29, 1.82) is 0 Å². The van der Waals surface area contributed by atoms with Gasteiger partial charge in [0.15, 0.2) is 9.84 Å². The Morgan fingerprint density at radius 2 is 1.91 bits per heavy atom. The van der Waals surface area contributed by atoms with Crippen molar-refractivity contribution in [1.82, 2.24) is 4.31 Å². The highest BCUT2D eigenvalue weighted by atomic mass is 32.2. The summed E-state index contributed by atoms with van der Waals surface area (Å²) in [4.78, 5) is 0. The molecule has 2 atom stereocenters. The molecule has 0 bridgehead atoms. The second-order valence-electron chi connectivity index (χ2n) is 5.55. The SMILES string of the molecule is O=S1(=O)CC2OCCN(S(=O)(=O)Cc3ccc(F)cc3)C2C1. The monoisotopic (exact) mass is 349 g/mol. The smallest absolute Gasteiger partial charge is 0.218 e. The molecule has 2 aliphatic heterocycles. The van der Waals surface area contributed by atoms with Gasteiger partial charge in [0, 0.05) is 6.54 Å². The highest BCUT2D eigenvalue weighted by Gasteiger charge is 2.47. The first kappa shape index (κ1) is 15.9. The Kier molecular flexibility index (Phi) is 4.00. The van der Waals surface area contributed by atoms with Crippen LogP contribution in [-0.4, -0.2) is 57.9 Å². The van der Waals surface area contributed by atoms with Gasteiger partial charge in [0.05, 0.1) is 36.0 Å². The van der Waals surface area contributed by atoms with Crippen molar-refractivity contribution in [2.45, 2.75) is 17.9 Å². The highest BCUT2D eigenvalue weighted by molar-refractivity contribution is 7.92. The number of sulfonamides is 1. The van der Waals surface area contributed by atoms with Crippen LogP contribution < -0.4 is 0 Å². The minimum atomic E-state index is -3.69. The average Bonchev–Trinajstić information content (AvgIpc) is 2.74. The fourth-order valence-electron chi connectivity index (χ4n) is 2.90. The number of halogens is 1. The van der Waals surface area contributed by atoms with Gasteiger partial charge in [-0.1, -0.05) is 12.1 Å². The number of morpholine rings is 1. The van der Waals surface area contributed by atoms with Crippen LogP contribution in [0.15, 0.2) is 24.3 Å². The quantitative estimate of drug-likeness (QED) is 0.776. The molecule has 0 aromatic heterocycles. The first-order chi connectivity index (χ1) is 10.3. The fraction of sp³-hybridized carbons (Fsp3) is 0.538. The molecule has 0 amide bonds. The lowest BCUT2D eigenvalue weighted by atomic mass is 10.2. The molecule has 0 aliphatic carbocycles. The van der Waals surface area contributed by atoms with Gasteiger partial charge in [-0.05, 0) is 17.7 Å². The summed E-state index contributed by atoms with van der Waals surface area (Å²) in [5.41, 5.74) is 0.463. The first-order valence-corrected chi connectivity index (χ1v) is 10.3. The summed E-state index contributed by atoms with van der Waals surface area (Å²) >= 11 is 0. The lowest BCUT2D eigenvalue weighted by molar-refractivity contribution is -0.0142. The van der Waals surface area contributed by atoms with E-state index in [-0.39, 0.29) is 30.4 Å². The Bertz CT molecular complexity index is 760. The number of hydrogen-bond acceptors (Lipinski definition) is 5. The molecule has 2 unspecified atom stereocenters. The molecule has 0 N–H and O–H groups in total. The average molecular weight is 349 g/mol. The third-order valence-corrected chi connectivity index (χ3v) is 7.46. The predicted molar refractivity (Wildman–Crippen MR) is 77.9 cm³/mol. The Morgan fingerprint density at radius 1 is 1.23 bits per heavy atom. The van der Waals surface area contributed by atoms with E-state index in [9.17, 15) is 21.2 Å². The summed E-state index contributed by atoms with van der Waals surface area (Å²) in [6.45, 7) is 0.319. The Labute approximate surface area is 128 Å². The van der Waals surface area contributed by atoms with Gasteiger partial charge in [-0.3, -0.25) is 0 Å². The number of fused-ring (bicyclic) bond motifs is 1. The molecule has 2 aliphatic rings. The number of ether oxygens (including phenoxy) is 1. The van der Waals surface area contributed by atoms with Crippen LogP contribution in [0.1, 0.15) is 5.56 Å². The lowest BCUT2D eigenvalue weighted by Crippen LogP contribution is -2.53. The predicted octanol–water partition coefficient (Wildman–Crippen LogP) is 0.153. The summed E-state index contributed by atoms with van der Waals surface area (Å²) in [6, 6.07) is 4.57. The first-order valence-electron chi connectivity index (χ1n) is 6.83. The van der Waals surface area contributed by atoms with Gasteiger partial charge in [0.2, 0.25) is 10.0 Å². The van der Waals surface area contributed by atoms with Crippen molar-refractivity contribution >= 4 is 19.9 Å². The van der Waals surface area contributed by atoms with Crippen molar-refractivity contribution in [3.63, 3.8) is 0 Å². The highest BCUT2D eigenvalue weighted by Crippen LogP contribution is 2.28. The summed E-state index contributed by atoms with van der Waals surface area (Å²) in [5, 5.41) is 0. The number of rotatable bonds is 3.